The van der Waals surface area contributed by atoms with Crippen LogP contribution in [-0.4, -0.2) is 4.98 Å². The van der Waals surface area contributed by atoms with E-state index in [9.17, 15) is 0 Å². The third kappa shape index (κ3) is 1.90. The summed E-state index contributed by atoms with van der Waals surface area (Å²) < 4.78 is 1.12. The van der Waals surface area contributed by atoms with Crippen molar-refractivity contribution in [2.24, 2.45) is 0 Å². The Morgan fingerprint density at radius 3 is 2.50 bits per heavy atom. The largest absolute Gasteiger partial charge is 0.264 e. The maximum absolute atomic E-state index is 4.24. The van der Waals surface area contributed by atoms with Crippen molar-refractivity contribution >= 4 is 15.9 Å². The van der Waals surface area contributed by atoms with Crippen molar-refractivity contribution in [1.82, 2.24) is 4.98 Å². The third-order valence-corrected chi connectivity index (χ3v) is 3.56. The van der Waals surface area contributed by atoms with Gasteiger partial charge in [0, 0.05) is 22.4 Å². The van der Waals surface area contributed by atoms with Gasteiger partial charge in [0.15, 0.2) is 0 Å². The van der Waals surface area contributed by atoms with Crippen molar-refractivity contribution in [3.63, 3.8) is 0 Å². The molecule has 3 rings (SSSR count). The van der Waals surface area contributed by atoms with E-state index in [1.54, 1.807) is 0 Å². The third-order valence-electron chi connectivity index (χ3n) is 3.03. The fraction of sp³-hybridized carbons (Fsp3) is 0.214. The first-order valence-electron chi connectivity index (χ1n) is 5.54. The van der Waals surface area contributed by atoms with Crippen LogP contribution in [0.3, 0.4) is 0 Å². The van der Waals surface area contributed by atoms with Gasteiger partial charge in [-0.15, -0.1) is 0 Å². The number of nitrogens with zero attached hydrogens (tertiary/aromatic N) is 1. The predicted molar refractivity (Wildman–Crippen MR) is 69.3 cm³/mol. The first-order chi connectivity index (χ1) is 7.84. The lowest BCUT2D eigenvalue weighted by molar-refractivity contribution is 1.11. The molecule has 0 amide bonds. The van der Waals surface area contributed by atoms with E-state index in [2.05, 4.69) is 51.2 Å². The van der Waals surface area contributed by atoms with Gasteiger partial charge in [0.05, 0.1) is 0 Å². The SMILES string of the molecule is Brc1ccc(-c2cnccc2C2CC2)cc1. The van der Waals surface area contributed by atoms with Crippen LogP contribution in [-0.2, 0) is 0 Å². The molecule has 0 N–H and O–H groups in total. The summed E-state index contributed by atoms with van der Waals surface area (Å²) >= 11 is 3.46. The first-order valence-corrected chi connectivity index (χ1v) is 6.34. The normalized spacial score (nSPS) is 15.1. The number of pyridine rings is 1. The van der Waals surface area contributed by atoms with Gasteiger partial charge in [0.25, 0.3) is 0 Å². The maximum atomic E-state index is 4.24. The van der Waals surface area contributed by atoms with Crippen LogP contribution in [0, 0.1) is 0 Å². The van der Waals surface area contributed by atoms with Gasteiger partial charge in [-0.2, -0.15) is 0 Å². The molecule has 0 aliphatic heterocycles. The fourth-order valence-corrected chi connectivity index (χ4v) is 2.29. The summed E-state index contributed by atoms with van der Waals surface area (Å²) in [7, 11) is 0. The number of rotatable bonds is 2. The minimum absolute atomic E-state index is 0.765. The number of hydrogen-bond donors (Lipinski definition) is 0. The summed E-state index contributed by atoms with van der Waals surface area (Å²) in [5, 5.41) is 0. The highest BCUT2D eigenvalue weighted by atomic mass is 79.9. The van der Waals surface area contributed by atoms with Crippen LogP contribution in [0.1, 0.15) is 24.3 Å². The Labute approximate surface area is 104 Å². The molecule has 1 heterocycles. The molecule has 80 valence electrons. The summed E-state index contributed by atoms with van der Waals surface area (Å²) in [6, 6.07) is 10.6. The molecule has 0 radical (unpaired) electrons. The Bertz CT molecular complexity index is 500. The second kappa shape index (κ2) is 4.02. The van der Waals surface area contributed by atoms with Crippen LogP contribution in [0.4, 0.5) is 0 Å². The van der Waals surface area contributed by atoms with Gasteiger partial charge >= 0.3 is 0 Å². The van der Waals surface area contributed by atoms with Crippen LogP contribution in [0.5, 0.6) is 0 Å². The molecule has 1 aliphatic carbocycles. The van der Waals surface area contributed by atoms with Gasteiger partial charge in [0.2, 0.25) is 0 Å². The first kappa shape index (κ1) is 10.0. The molecule has 0 unspecified atom stereocenters. The fourth-order valence-electron chi connectivity index (χ4n) is 2.03. The van der Waals surface area contributed by atoms with Gasteiger partial charge < -0.3 is 0 Å². The summed E-state index contributed by atoms with van der Waals surface area (Å²) in [6.45, 7) is 0. The Morgan fingerprint density at radius 1 is 1.06 bits per heavy atom. The Balaban J connectivity index is 2.08. The minimum Gasteiger partial charge on any atom is -0.264 e. The summed E-state index contributed by atoms with van der Waals surface area (Å²) in [4.78, 5) is 4.24. The predicted octanol–water partition coefficient (Wildman–Crippen LogP) is 4.39. The van der Waals surface area contributed by atoms with Crippen molar-refractivity contribution in [2.45, 2.75) is 18.8 Å². The highest BCUT2D eigenvalue weighted by Crippen LogP contribution is 2.44. The van der Waals surface area contributed by atoms with Crippen LogP contribution in [0.2, 0.25) is 0 Å². The van der Waals surface area contributed by atoms with E-state index in [0.717, 1.165) is 10.4 Å². The van der Waals surface area contributed by atoms with Gasteiger partial charge in [-0.3, -0.25) is 4.98 Å². The maximum Gasteiger partial charge on any atom is 0.0349 e. The van der Waals surface area contributed by atoms with E-state index in [0.29, 0.717) is 0 Å². The summed E-state index contributed by atoms with van der Waals surface area (Å²) in [5.74, 6) is 0.765. The Kier molecular flexibility index (Phi) is 2.52. The van der Waals surface area contributed by atoms with Crippen LogP contribution >= 0.6 is 15.9 Å². The number of benzene rings is 1. The van der Waals surface area contributed by atoms with E-state index < -0.39 is 0 Å². The van der Waals surface area contributed by atoms with Gasteiger partial charge in [-0.05, 0) is 48.1 Å². The quantitative estimate of drug-likeness (QED) is 0.791. The van der Waals surface area contributed by atoms with Crippen LogP contribution < -0.4 is 0 Å². The lowest BCUT2D eigenvalue weighted by Gasteiger charge is -2.07. The van der Waals surface area contributed by atoms with E-state index in [-0.39, 0.29) is 0 Å². The molecule has 1 aliphatic rings. The average Bonchev–Trinajstić information content (AvgIpc) is 3.14. The molecule has 1 nitrogen and oxygen atoms in total. The number of aromatic nitrogens is 1. The molecule has 16 heavy (non-hydrogen) atoms. The molecule has 0 spiro atoms. The lowest BCUT2D eigenvalue weighted by atomic mass is 9.99. The second-order valence-corrected chi connectivity index (χ2v) is 5.16. The molecule has 1 fully saturated rings. The zero-order valence-corrected chi connectivity index (χ0v) is 10.4. The molecule has 2 aromatic rings. The van der Waals surface area contributed by atoms with Crippen molar-refractivity contribution in [2.75, 3.05) is 0 Å². The molecule has 0 bridgehead atoms. The molecule has 0 saturated heterocycles. The molecule has 2 heteroatoms. The Hall–Kier alpha value is -1.15. The van der Waals surface area contributed by atoms with Gasteiger partial charge in [0.1, 0.15) is 0 Å². The van der Waals surface area contributed by atoms with Crippen LogP contribution in [0.15, 0.2) is 47.2 Å². The topological polar surface area (TPSA) is 12.9 Å². The van der Waals surface area contributed by atoms with Gasteiger partial charge in [-0.25, -0.2) is 0 Å². The second-order valence-electron chi connectivity index (χ2n) is 4.24. The zero-order valence-electron chi connectivity index (χ0n) is 8.86. The van der Waals surface area contributed by atoms with Crippen LogP contribution in [0.25, 0.3) is 11.1 Å². The van der Waals surface area contributed by atoms with Gasteiger partial charge in [-0.1, -0.05) is 28.1 Å². The van der Waals surface area contributed by atoms with Crippen molar-refractivity contribution in [3.8, 4) is 11.1 Å². The summed E-state index contributed by atoms with van der Waals surface area (Å²) in [6.07, 6.45) is 6.54. The summed E-state index contributed by atoms with van der Waals surface area (Å²) in [5.41, 5.74) is 4.01. The number of hydrogen-bond acceptors (Lipinski definition) is 1. The molecule has 1 aromatic heterocycles. The van der Waals surface area contributed by atoms with Crippen molar-refractivity contribution in [3.05, 3.63) is 52.8 Å². The molecule has 1 aromatic carbocycles. The van der Waals surface area contributed by atoms with E-state index >= 15 is 0 Å². The lowest BCUT2D eigenvalue weighted by Crippen LogP contribution is -1.88. The minimum atomic E-state index is 0.765. The monoisotopic (exact) mass is 273 g/mol. The standard InChI is InChI=1S/C14H12BrN/c15-12-5-3-11(4-6-12)14-9-16-8-7-13(14)10-1-2-10/h3-10H,1-2H2. The molecular weight excluding hydrogens is 262 g/mol. The van der Waals surface area contributed by atoms with E-state index in [4.69, 9.17) is 0 Å². The molecule has 0 atom stereocenters. The molecular formula is C14H12BrN. The highest BCUT2D eigenvalue weighted by molar-refractivity contribution is 9.10. The molecule has 1 saturated carbocycles. The average molecular weight is 274 g/mol. The zero-order chi connectivity index (χ0) is 11.0. The van der Waals surface area contributed by atoms with Crippen molar-refractivity contribution in [1.29, 1.82) is 0 Å². The van der Waals surface area contributed by atoms with E-state index in [1.807, 2.05) is 12.4 Å². The smallest absolute Gasteiger partial charge is 0.0349 e. The van der Waals surface area contributed by atoms with Crippen molar-refractivity contribution < 1.29 is 0 Å². The van der Waals surface area contributed by atoms with E-state index in [1.165, 1.54) is 29.5 Å². The Morgan fingerprint density at radius 2 is 1.81 bits per heavy atom. The number of halogens is 1. The highest BCUT2D eigenvalue weighted by Gasteiger charge is 2.26.